The summed E-state index contributed by atoms with van der Waals surface area (Å²) in [6.45, 7) is 2.37. The first-order valence-electron chi connectivity index (χ1n) is 12.4. The molecule has 0 saturated carbocycles. The van der Waals surface area contributed by atoms with Crippen LogP contribution < -0.4 is 10.7 Å². The van der Waals surface area contributed by atoms with Gasteiger partial charge in [0.05, 0.1) is 16.8 Å². The minimum absolute atomic E-state index is 0.00586. The molecule has 0 radical (unpaired) electrons. The summed E-state index contributed by atoms with van der Waals surface area (Å²) in [7, 11) is 1.54. The SMILES string of the molecule is CCNc1cc(F)cc2c1Cc1ncc(-c3cnc4c(c3)c(=O)c(C(=O)O)cn4C)c(-n3ccc(C(F)(F)F)n3)c1-2. The van der Waals surface area contributed by atoms with Crippen LogP contribution in [0.25, 0.3) is 39.0 Å². The lowest BCUT2D eigenvalue weighted by Gasteiger charge is -2.16. The first-order valence-corrected chi connectivity index (χ1v) is 12.4. The van der Waals surface area contributed by atoms with E-state index in [0.717, 1.165) is 28.7 Å². The Balaban J connectivity index is 1.67. The van der Waals surface area contributed by atoms with Gasteiger partial charge in [0.2, 0.25) is 5.43 Å². The molecule has 9 nitrogen and oxygen atoms in total. The zero-order chi connectivity index (χ0) is 29.2. The number of benzene rings is 1. The van der Waals surface area contributed by atoms with E-state index in [1.807, 2.05) is 6.92 Å². The predicted octanol–water partition coefficient (Wildman–Crippen LogP) is 5.04. The molecule has 0 amide bonds. The van der Waals surface area contributed by atoms with Crippen LogP contribution in [0, 0.1) is 5.82 Å². The molecule has 0 unspecified atom stereocenters. The molecule has 1 aromatic carbocycles. The standard InChI is InChI=1S/C28H20F4N6O3/c1-3-33-20-8-14(29)7-16-15(20)9-21-23(16)24(38-5-4-22(36-38)28(30,31)32)18(11-34-21)13-6-17-25(39)19(27(40)41)12-37(2)26(17)35-10-13/h4-8,10-12,33H,3,9H2,1-2H3,(H,40,41). The molecular weight excluding hydrogens is 544 g/mol. The molecule has 1 aliphatic rings. The number of fused-ring (bicyclic) bond motifs is 4. The topological polar surface area (TPSA) is 115 Å². The van der Waals surface area contributed by atoms with Crippen molar-refractivity contribution in [2.75, 3.05) is 11.9 Å². The van der Waals surface area contributed by atoms with E-state index in [2.05, 4.69) is 20.4 Å². The maximum absolute atomic E-state index is 14.8. The molecule has 4 heterocycles. The molecule has 0 spiro atoms. The van der Waals surface area contributed by atoms with Crippen LogP contribution in [0.15, 0.2) is 53.8 Å². The molecule has 0 fully saturated rings. The van der Waals surface area contributed by atoms with E-state index < -0.39 is 34.6 Å². The lowest BCUT2D eigenvalue weighted by atomic mass is 9.98. The van der Waals surface area contributed by atoms with E-state index in [1.165, 1.54) is 35.2 Å². The number of pyridine rings is 3. The fourth-order valence-corrected chi connectivity index (χ4v) is 5.24. The first-order chi connectivity index (χ1) is 19.5. The van der Waals surface area contributed by atoms with E-state index in [9.17, 15) is 32.3 Å². The molecular formula is C28H20F4N6O3. The molecule has 0 aliphatic heterocycles. The fourth-order valence-electron chi connectivity index (χ4n) is 5.24. The third-order valence-electron chi connectivity index (χ3n) is 6.99. The number of alkyl halides is 3. The van der Waals surface area contributed by atoms with Gasteiger partial charge in [0, 0.05) is 67.2 Å². The van der Waals surface area contributed by atoms with Crippen molar-refractivity contribution >= 4 is 22.7 Å². The first kappa shape index (κ1) is 26.2. The Hall–Kier alpha value is -5.07. The lowest BCUT2D eigenvalue weighted by Crippen LogP contribution is -2.18. The van der Waals surface area contributed by atoms with Crippen molar-refractivity contribution in [1.82, 2.24) is 24.3 Å². The fraction of sp³-hybridized carbons (Fsp3) is 0.179. The summed E-state index contributed by atoms with van der Waals surface area (Å²) in [6.07, 6.45) is 0.750. The number of anilines is 1. The number of nitrogens with one attached hydrogen (secondary N) is 1. The number of nitrogens with zero attached hydrogens (tertiary/aromatic N) is 5. The zero-order valence-electron chi connectivity index (χ0n) is 21.5. The van der Waals surface area contributed by atoms with E-state index >= 15 is 0 Å². The van der Waals surface area contributed by atoms with Crippen molar-refractivity contribution in [1.29, 1.82) is 0 Å². The van der Waals surface area contributed by atoms with E-state index in [-0.39, 0.29) is 27.8 Å². The zero-order valence-corrected chi connectivity index (χ0v) is 21.5. The molecule has 1 aliphatic carbocycles. The average Bonchev–Trinajstić information content (AvgIpc) is 3.56. The van der Waals surface area contributed by atoms with Gasteiger partial charge in [-0.3, -0.25) is 9.78 Å². The molecule has 13 heteroatoms. The average molecular weight is 564 g/mol. The number of carboxylic acid groups (broad SMARTS) is 1. The van der Waals surface area contributed by atoms with Crippen molar-refractivity contribution in [3.05, 3.63) is 87.6 Å². The summed E-state index contributed by atoms with van der Waals surface area (Å²) in [5.74, 6) is -1.96. The summed E-state index contributed by atoms with van der Waals surface area (Å²) in [4.78, 5) is 33.6. The highest BCUT2D eigenvalue weighted by Gasteiger charge is 2.35. The molecule has 6 rings (SSSR count). The van der Waals surface area contributed by atoms with Crippen molar-refractivity contribution < 1.29 is 27.5 Å². The van der Waals surface area contributed by atoms with Gasteiger partial charge < -0.3 is 15.0 Å². The number of halogens is 4. The second kappa shape index (κ2) is 9.25. The summed E-state index contributed by atoms with van der Waals surface area (Å²) in [5.41, 5.74) is 1.19. The molecule has 41 heavy (non-hydrogen) atoms. The highest BCUT2D eigenvalue weighted by atomic mass is 19.4. The summed E-state index contributed by atoms with van der Waals surface area (Å²) >= 11 is 0. The second-order valence-electron chi connectivity index (χ2n) is 9.56. The van der Waals surface area contributed by atoms with Crippen molar-refractivity contribution in [3.63, 3.8) is 0 Å². The number of carboxylic acids is 1. The Labute approximate surface area is 228 Å². The molecule has 0 saturated heterocycles. The number of aromatic carboxylic acids is 1. The predicted molar refractivity (Wildman–Crippen MR) is 142 cm³/mol. The van der Waals surface area contributed by atoms with Gasteiger partial charge >= 0.3 is 12.1 Å². The van der Waals surface area contributed by atoms with E-state index in [4.69, 9.17) is 0 Å². The van der Waals surface area contributed by atoms with Crippen LogP contribution in [0.5, 0.6) is 0 Å². The number of rotatable bonds is 5. The molecule has 2 N–H and O–H groups in total. The van der Waals surface area contributed by atoms with Crippen molar-refractivity contribution in [2.24, 2.45) is 7.05 Å². The van der Waals surface area contributed by atoms with Gasteiger partial charge in [-0.05, 0) is 42.3 Å². The Morgan fingerprint density at radius 3 is 2.61 bits per heavy atom. The van der Waals surface area contributed by atoms with Crippen LogP contribution in [0.3, 0.4) is 0 Å². The van der Waals surface area contributed by atoms with Gasteiger partial charge in [-0.2, -0.15) is 18.3 Å². The number of carbonyl (C=O) groups is 1. The van der Waals surface area contributed by atoms with E-state index in [0.29, 0.717) is 35.5 Å². The Kier molecular flexibility index (Phi) is 5.90. The maximum Gasteiger partial charge on any atom is 0.435 e. The third-order valence-corrected chi connectivity index (χ3v) is 6.99. The minimum Gasteiger partial charge on any atom is -0.477 e. The van der Waals surface area contributed by atoms with Gasteiger partial charge in [-0.15, -0.1) is 0 Å². The van der Waals surface area contributed by atoms with Crippen LogP contribution in [-0.4, -0.2) is 41.9 Å². The van der Waals surface area contributed by atoms with Gasteiger partial charge in [0.15, 0.2) is 5.69 Å². The lowest BCUT2D eigenvalue weighted by molar-refractivity contribution is -0.141. The Morgan fingerprint density at radius 1 is 1.15 bits per heavy atom. The second-order valence-corrected chi connectivity index (χ2v) is 9.56. The monoisotopic (exact) mass is 564 g/mol. The molecule has 0 bridgehead atoms. The molecule has 208 valence electrons. The quantitative estimate of drug-likeness (QED) is 0.282. The summed E-state index contributed by atoms with van der Waals surface area (Å²) in [5, 5.41) is 16.4. The summed E-state index contributed by atoms with van der Waals surface area (Å²) in [6, 6.07) is 4.91. The summed E-state index contributed by atoms with van der Waals surface area (Å²) < 4.78 is 57.9. The molecule has 0 atom stereocenters. The van der Waals surface area contributed by atoms with Crippen LogP contribution in [0.4, 0.5) is 23.2 Å². The van der Waals surface area contributed by atoms with Gasteiger partial charge in [-0.25, -0.2) is 18.9 Å². The van der Waals surface area contributed by atoms with Gasteiger partial charge in [-0.1, -0.05) is 0 Å². The van der Waals surface area contributed by atoms with E-state index in [1.54, 1.807) is 7.05 Å². The van der Waals surface area contributed by atoms with Crippen LogP contribution >= 0.6 is 0 Å². The highest BCUT2D eigenvalue weighted by Crippen LogP contribution is 2.46. The molecule has 4 aromatic heterocycles. The van der Waals surface area contributed by atoms with Crippen molar-refractivity contribution in [3.8, 4) is 27.9 Å². The Morgan fingerprint density at radius 2 is 1.93 bits per heavy atom. The maximum atomic E-state index is 14.8. The number of hydrogen-bond acceptors (Lipinski definition) is 6. The van der Waals surface area contributed by atoms with Crippen molar-refractivity contribution in [2.45, 2.75) is 19.5 Å². The smallest absolute Gasteiger partial charge is 0.435 e. The van der Waals surface area contributed by atoms with Gasteiger partial charge in [0.1, 0.15) is 17.0 Å². The van der Waals surface area contributed by atoms with Crippen LogP contribution in [-0.2, 0) is 19.6 Å². The largest absolute Gasteiger partial charge is 0.477 e. The number of hydrogen-bond donors (Lipinski definition) is 2. The molecule has 5 aromatic rings. The number of aryl methyl sites for hydroxylation is 1. The normalized spacial score (nSPS) is 12.4. The minimum atomic E-state index is -4.71. The number of aromatic nitrogens is 5. The van der Waals surface area contributed by atoms with Gasteiger partial charge in [0.25, 0.3) is 0 Å². The van der Waals surface area contributed by atoms with Crippen LogP contribution in [0.1, 0.15) is 34.2 Å². The highest BCUT2D eigenvalue weighted by molar-refractivity contribution is 5.95. The van der Waals surface area contributed by atoms with Crippen LogP contribution in [0.2, 0.25) is 0 Å². The third kappa shape index (κ3) is 4.20. The Bertz CT molecular complexity index is 1960.